The van der Waals surface area contributed by atoms with Gasteiger partial charge in [0.25, 0.3) is 5.91 Å². The number of fused-ring (bicyclic) bond motifs is 1. The first-order valence-corrected chi connectivity index (χ1v) is 7.83. The number of carbonyl (C=O) groups excluding carboxylic acids is 3. The third kappa shape index (κ3) is 4.34. The molecular formula is C17H21N3O4. The maximum absolute atomic E-state index is 12.1. The molecule has 0 saturated carbocycles. The number of H-pyrrole nitrogens is 1. The zero-order valence-corrected chi connectivity index (χ0v) is 13.7. The minimum Gasteiger partial charge on any atom is -0.452 e. The van der Waals surface area contributed by atoms with Crippen molar-refractivity contribution in [3.63, 3.8) is 0 Å². The molecular weight excluding hydrogens is 310 g/mol. The molecule has 0 bridgehead atoms. The van der Waals surface area contributed by atoms with Crippen LogP contribution in [0.25, 0.3) is 10.9 Å². The lowest BCUT2D eigenvalue weighted by Gasteiger charge is -2.13. The van der Waals surface area contributed by atoms with E-state index >= 15 is 0 Å². The highest BCUT2D eigenvalue weighted by Crippen LogP contribution is 2.18. The van der Waals surface area contributed by atoms with Gasteiger partial charge >= 0.3 is 5.97 Å². The lowest BCUT2D eigenvalue weighted by molar-refractivity contribution is -0.130. The Balaban J connectivity index is 1.85. The fraction of sp³-hybridized carbons (Fsp3) is 0.353. The molecule has 0 spiro atoms. The van der Waals surface area contributed by atoms with Crippen molar-refractivity contribution in [2.75, 3.05) is 13.2 Å². The van der Waals surface area contributed by atoms with Crippen LogP contribution in [0.15, 0.2) is 30.5 Å². The molecule has 7 heteroatoms. The quantitative estimate of drug-likeness (QED) is 0.667. The number of hydrogen-bond donors (Lipinski definition) is 3. The van der Waals surface area contributed by atoms with Crippen LogP contribution in [-0.2, 0) is 14.3 Å². The van der Waals surface area contributed by atoms with Gasteiger partial charge < -0.3 is 20.4 Å². The monoisotopic (exact) mass is 331 g/mol. The van der Waals surface area contributed by atoms with Gasteiger partial charge in [0.2, 0.25) is 5.91 Å². The van der Waals surface area contributed by atoms with Gasteiger partial charge in [-0.05, 0) is 19.4 Å². The van der Waals surface area contributed by atoms with Crippen LogP contribution in [0.4, 0.5) is 0 Å². The largest absolute Gasteiger partial charge is 0.452 e. The summed E-state index contributed by atoms with van der Waals surface area (Å²) >= 11 is 0. The Morgan fingerprint density at radius 2 is 2.00 bits per heavy atom. The van der Waals surface area contributed by atoms with Gasteiger partial charge in [-0.15, -0.1) is 0 Å². The highest BCUT2D eigenvalue weighted by Gasteiger charge is 2.18. The molecule has 0 saturated heterocycles. The van der Waals surface area contributed by atoms with Crippen LogP contribution in [0, 0.1) is 0 Å². The molecule has 2 amide bonds. The zero-order chi connectivity index (χ0) is 17.5. The van der Waals surface area contributed by atoms with E-state index in [-0.39, 0.29) is 5.91 Å². The molecule has 3 N–H and O–H groups in total. The van der Waals surface area contributed by atoms with Crippen LogP contribution in [-0.4, -0.2) is 42.0 Å². The molecule has 128 valence electrons. The van der Waals surface area contributed by atoms with Gasteiger partial charge in [0.15, 0.2) is 6.61 Å². The lowest BCUT2D eigenvalue weighted by Crippen LogP contribution is -2.46. The minimum atomic E-state index is -0.684. The van der Waals surface area contributed by atoms with E-state index < -0.39 is 24.5 Å². The van der Waals surface area contributed by atoms with Gasteiger partial charge in [-0.1, -0.05) is 25.1 Å². The summed E-state index contributed by atoms with van der Waals surface area (Å²) in [5.74, 6) is -1.39. The number of hydrogen-bond acceptors (Lipinski definition) is 4. The normalized spacial score (nSPS) is 11.8. The number of nitrogens with one attached hydrogen (secondary N) is 3. The number of ether oxygens (including phenoxy) is 1. The summed E-state index contributed by atoms with van der Waals surface area (Å²) in [4.78, 5) is 38.5. The molecule has 7 nitrogen and oxygen atoms in total. The van der Waals surface area contributed by atoms with Crippen LogP contribution in [0.2, 0.25) is 0 Å². The molecule has 2 aromatic rings. The number of carbonyl (C=O) groups is 3. The molecule has 0 aliphatic rings. The highest BCUT2D eigenvalue weighted by molar-refractivity contribution is 6.04. The molecule has 2 rings (SSSR count). The SMILES string of the molecule is CCCNC(=O)[C@@H](C)NC(=O)COC(=O)c1c[nH]c2ccccc12. The Labute approximate surface area is 139 Å². The molecule has 24 heavy (non-hydrogen) atoms. The van der Waals surface area contributed by atoms with Crippen LogP contribution in [0.1, 0.15) is 30.6 Å². The Bertz CT molecular complexity index is 738. The highest BCUT2D eigenvalue weighted by atomic mass is 16.5. The number of rotatable bonds is 7. The maximum Gasteiger partial charge on any atom is 0.340 e. The molecule has 0 unspecified atom stereocenters. The second-order valence-electron chi connectivity index (χ2n) is 5.40. The van der Waals surface area contributed by atoms with Gasteiger partial charge in [-0.25, -0.2) is 4.79 Å². The Kier molecular flexibility index (Phi) is 5.95. The molecule has 1 aromatic carbocycles. The number of aromatic nitrogens is 1. The van der Waals surface area contributed by atoms with Gasteiger partial charge in [0, 0.05) is 23.6 Å². The minimum absolute atomic E-state index is 0.270. The van der Waals surface area contributed by atoms with Crippen molar-refractivity contribution in [2.24, 2.45) is 0 Å². The first-order chi connectivity index (χ1) is 11.5. The molecule has 0 radical (unpaired) electrons. The molecule has 0 aliphatic carbocycles. The average molecular weight is 331 g/mol. The summed E-state index contributed by atoms with van der Waals surface area (Å²) in [6, 6.07) is 6.62. The van der Waals surface area contributed by atoms with E-state index in [1.54, 1.807) is 19.2 Å². The number of benzene rings is 1. The first kappa shape index (κ1) is 17.5. The van der Waals surface area contributed by atoms with Crippen LogP contribution < -0.4 is 10.6 Å². The number of amides is 2. The van der Waals surface area contributed by atoms with Crippen molar-refractivity contribution in [1.82, 2.24) is 15.6 Å². The topological polar surface area (TPSA) is 100 Å². The van der Waals surface area contributed by atoms with Crippen LogP contribution >= 0.6 is 0 Å². The summed E-state index contributed by atoms with van der Waals surface area (Å²) in [7, 11) is 0. The van der Waals surface area contributed by atoms with Crippen LogP contribution in [0.3, 0.4) is 0 Å². The standard InChI is InChI=1S/C17H21N3O4/c1-3-8-18-16(22)11(2)20-15(21)10-24-17(23)13-9-19-14-7-5-4-6-12(13)14/h4-7,9,11,19H,3,8,10H2,1-2H3,(H,18,22)(H,20,21)/t11-/m1/s1. The number of esters is 1. The Morgan fingerprint density at radius 3 is 2.75 bits per heavy atom. The molecule has 1 heterocycles. The Morgan fingerprint density at radius 1 is 1.25 bits per heavy atom. The van der Waals surface area contributed by atoms with Crippen LogP contribution in [0.5, 0.6) is 0 Å². The summed E-state index contributed by atoms with van der Waals surface area (Å²) in [6.45, 7) is 3.62. The van der Waals surface area contributed by atoms with Crippen molar-refractivity contribution < 1.29 is 19.1 Å². The first-order valence-electron chi connectivity index (χ1n) is 7.83. The van der Waals surface area contributed by atoms with Crippen molar-refractivity contribution in [1.29, 1.82) is 0 Å². The summed E-state index contributed by atoms with van der Waals surface area (Å²) < 4.78 is 5.02. The van der Waals surface area contributed by atoms with Gasteiger partial charge in [-0.3, -0.25) is 9.59 Å². The second kappa shape index (κ2) is 8.14. The third-order valence-electron chi connectivity index (χ3n) is 3.46. The lowest BCUT2D eigenvalue weighted by atomic mass is 10.2. The van der Waals surface area contributed by atoms with E-state index in [4.69, 9.17) is 4.74 Å². The van der Waals surface area contributed by atoms with Gasteiger partial charge in [0.05, 0.1) is 5.56 Å². The molecule has 1 atom stereocenters. The van der Waals surface area contributed by atoms with Gasteiger partial charge in [0.1, 0.15) is 6.04 Å². The fourth-order valence-electron chi connectivity index (χ4n) is 2.20. The van der Waals surface area contributed by atoms with E-state index in [0.717, 1.165) is 17.3 Å². The molecule has 1 aromatic heterocycles. The average Bonchev–Trinajstić information content (AvgIpc) is 3.01. The summed E-state index contributed by atoms with van der Waals surface area (Å²) in [6.07, 6.45) is 2.36. The van der Waals surface area contributed by atoms with Crippen molar-refractivity contribution in [2.45, 2.75) is 26.3 Å². The van der Waals surface area contributed by atoms with Crippen molar-refractivity contribution in [3.8, 4) is 0 Å². The number of para-hydroxylation sites is 1. The van der Waals surface area contributed by atoms with E-state index in [0.29, 0.717) is 12.1 Å². The predicted molar refractivity (Wildman–Crippen MR) is 89.5 cm³/mol. The zero-order valence-electron chi connectivity index (χ0n) is 13.7. The molecule has 0 fully saturated rings. The second-order valence-corrected chi connectivity index (χ2v) is 5.40. The van der Waals surface area contributed by atoms with E-state index in [9.17, 15) is 14.4 Å². The van der Waals surface area contributed by atoms with Gasteiger partial charge in [-0.2, -0.15) is 0 Å². The summed E-state index contributed by atoms with van der Waals surface area (Å²) in [5, 5.41) is 5.90. The van der Waals surface area contributed by atoms with Crippen molar-refractivity contribution in [3.05, 3.63) is 36.0 Å². The smallest absolute Gasteiger partial charge is 0.340 e. The fourth-order valence-corrected chi connectivity index (χ4v) is 2.20. The van der Waals surface area contributed by atoms with E-state index in [1.807, 2.05) is 25.1 Å². The maximum atomic E-state index is 12.1. The predicted octanol–water partition coefficient (Wildman–Crippen LogP) is 1.36. The summed E-state index contributed by atoms with van der Waals surface area (Å²) in [5.41, 5.74) is 1.18. The van der Waals surface area contributed by atoms with Crippen molar-refractivity contribution >= 4 is 28.7 Å². The third-order valence-corrected chi connectivity index (χ3v) is 3.46. The van der Waals surface area contributed by atoms with E-state index in [1.165, 1.54) is 0 Å². The molecule has 0 aliphatic heterocycles. The van der Waals surface area contributed by atoms with E-state index in [2.05, 4.69) is 15.6 Å². The Hall–Kier alpha value is -2.83. The number of aromatic amines is 1.